The van der Waals surface area contributed by atoms with Crippen molar-refractivity contribution in [3.8, 4) is 0 Å². The van der Waals surface area contributed by atoms with E-state index in [1.165, 1.54) is 5.56 Å². The third-order valence-electron chi connectivity index (χ3n) is 3.93. The first-order chi connectivity index (χ1) is 10.7. The van der Waals surface area contributed by atoms with Gasteiger partial charge in [-0.3, -0.25) is 4.79 Å². The van der Waals surface area contributed by atoms with Crippen molar-refractivity contribution in [3.05, 3.63) is 42.4 Å². The zero-order valence-corrected chi connectivity index (χ0v) is 12.6. The zero-order chi connectivity index (χ0) is 15.4. The molecule has 3 rings (SSSR count). The van der Waals surface area contributed by atoms with Gasteiger partial charge in [-0.25, -0.2) is 15.0 Å². The number of anilines is 2. The molecule has 2 aromatic rings. The Kier molecular flexibility index (Phi) is 4.27. The number of hydrogen-bond acceptors (Lipinski definition) is 5. The lowest BCUT2D eigenvalue weighted by Crippen LogP contribution is -2.37. The van der Waals surface area contributed by atoms with Crippen molar-refractivity contribution in [1.82, 2.24) is 19.9 Å². The fourth-order valence-corrected chi connectivity index (χ4v) is 2.78. The van der Waals surface area contributed by atoms with Gasteiger partial charge in [-0.15, -0.1) is 0 Å². The maximum atomic E-state index is 11.6. The quantitative estimate of drug-likeness (QED) is 0.941. The largest absolute Gasteiger partial charge is 0.342 e. The van der Waals surface area contributed by atoms with E-state index in [0.717, 1.165) is 31.7 Å². The molecule has 0 spiro atoms. The third kappa shape index (κ3) is 3.39. The van der Waals surface area contributed by atoms with Crippen LogP contribution >= 0.6 is 0 Å². The van der Waals surface area contributed by atoms with Gasteiger partial charge in [0.05, 0.1) is 0 Å². The van der Waals surface area contributed by atoms with Crippen molar-refractivity contribution >= 4 is 17.7 Å². The SMILES string of the molecule is CC(=O)N1CCC[C@H](c2ccnc(Nc3ncccn3)c2)C1. The van der Waals surface area contributed by atoms with Gasteiger partial charge in [0.25, 0.3) is 0 Å². The number of likely N-dealkylation sites (tertiary alicyclic amines) is 1. The Morgan fingerprint density at radius 2 is 2.09 bits per heavy atom. The highest BCUT2D eigenvalue weighted by molar-refractivity contribution is 5.73. The van der Waals surface area contributed by atoms with Gasteiger partial charge in [0, 0.05) is 44.5 Å². The van der Waals surface area contributed by atoms with Gasteiger partial charge >= 0.3 is 0 Å². The number of hydrogen-bond donors (Lipinski definition) is 1. The van der Waals surface area contributed by atoms with Gasteiger partial charge < -0.3 is 10.2 Å². The van der Waals surface area contributed by atoms with E-state index < -0.39 is 0 Å². The minimum atomic E-state index is 0.148. The summed E-state index contributed by atoms with van der Waals surface area (Å²) in [6.45, 7) is 3.27. The Bertz CT molecular complexity index is 646. The number of piperidine rings is 1. The molecule has 1 atom stereocenters. The second kappa shape index (κ2) is 6.51. The molecular formula is C16H19N5O. The van der Waals surface area contributed by atoms with Crippen molar-refractivity contribution in [3.63, 3.8) is 0 Å². The molecule has 114 valence electrons. The Labute approximate surface area is 129 Å². The molecule has 2 aromatic heterocycles. The van der Waals surface area contributed by atoms with E-state index >= 15 is 0 Å². The lowest BCUT2D eigenvalue weighted by molar-refractivity contribution is -0.130. The third-order valence-corrected chi connectivity index (χ3v) is 3.93. The van der Waals surface area contributed by atoms with Crippen LogP contribution in [0, 0.1) is 0 Å². The summed E-state index contributed by atoms with van der Waals surface area (Å²) < 4.78 is 0. The summed E-state index contributed by atoms with van der Waals surface area (Å²) in [6.07, 6.45) is 7.29. The number of nitrogens with zero attached hydrogens (tertiary/aromatic N) is 4. The van der Waals surface area contributed by atoms with Gasteiger partial charge in [0.1, 0.15) is 5.82 Å². The molecule has 0 aliphatic carbocycles. The van der Waals surface area contributed by atoms with Crippen LogP contribution in [0.15, 0.2) is 36.8 Å². The van der Waals surface area contributed by atoms with E-state index in [2.05, 4.69) is 20.3 Å². The van der Waals surface area contributed by atoms with E-state index in [-0.39, 0.29) is 5.91 Å². The second-order valence-electron chi connectivity index (χ2n) is 5.48. The highest BCUT2D eigenvalue weighted by Gasteiger charge is 2.23. The molecule has 0 saturated carbocycles. The number of carbonyl (C=O) groups is 1. The van der Waals surface area contributed by atoms with Gasteiger partial charge in [-0.1, -0.05) is 0 Å². The van der Waals surface area contributed by atoms with E-state index in [1.807, 2.05) is 17.0 Å². The van der Waals surface area contributed by atoms with Crippen molar-refractivity contribution in [2.75, 3.05) is 18.4 Å². The molecule has 3 heterocycles. The Morgan fingerprint density at radius 3 is 2.86 bits per heavy atom. The minimum Gasteiger partial charge on any atom is -0.342 e. The van der Waals surface area contributed by atoms with Crippen LogP contribution < -0.4 is 5.32 Å². The van der Waals surface area contributed by atoms with Crippen LogP contribution in [0.5, 0.6) is 0 Å². The lowest BCUT2D eigenvalue weighted by atomic mass is 9.91. The molecule has 0 radical (unpaired) electrons. The summed E-state index contributed by atoms with van der Waals surface area (Å²) >= 11 is 0. The molecule has 22 heavy (non-hydrogen) atoms. The average Bonchev–Trinajstić information content (AvgIpc) is 2.56. The van der Waals surface area contributed by atoms with Crippen LogP contribution in [0.2, 0.25) is 0 Å². The number of pyridine rings is 1. The summed E-state index contributed by atoms with van der Waals surface area (Å²) in [5, 5.41) is 3.10. The van der Waals surface area contributed by atoms with Crippen LogP contribution in [-0.2, 0) is 4.79 Å². The summed E-state index contributed by atoms with van der Waals surface area (Å²) in [7, 11) is 0. The van der Waals surface area contributed by atoms with Gasteiger partial charge in [0.2, 0.25) is 11.9 Å². The minimum absolute atomic E-state index is 0.148. The highest BCUT2D eigenvalue weighted by atomic mass is 16.2. The Balaban J connectivity index is 1.75. The molecule has 1 saturated heterocycles. The molecule has 0 bridgehead atoms. The predicted octanol–water partition coefficient (Wildman–Crippen LogP) is 2.34. The van der Waals surface area contributed by atoms with Crippen molar-refractivity contribution in [2.45, 2.75) is 25.7 Å². The number of aromatic nitrogens is 3. The molecule has 1 N–H and O–H groups in total. The monoisotopic (exact) mass is 297 g/mol. The molecule has 0 aromatic carbocycles. The number of nitrogens with one attached hydrogen (secondary N) is 1. The fraction of sp³-hybridized carbons (Fsp3) is 0.375. The van der Waals surface area contributed by atoms with E-state index in [1.54, 1.807) is 31.6 Å². The summed E-state index contributed by atoms with van der Waals surface area (Å²) in [6, 6.07) is 5.81. The van der Waals surface area contributed by atoms with Crippen molar-refractivity contribution < 1.29 is 4.79 Å². The average molecular weight is 297 g/mol. The van der Waals surface area contributed by atoms with Crippen LogP contribution in [0.4, 0.5) is 11.8 Å². The summed E-state index contributed by atoms with van der Waals surface area (Å²) in [4.78, 5) is 26.1. The zero-order valence-electron chi connectivity index (χ0n) is 12.6. The second-order valence-corrected chi connectivity index (χ2v) is 5.48. The topological polar surface area (TPSA) is 71.0 Å². The number of amides is 1. The normalized spacial score (nSPS) is 18.0. The van der Waals surface area contributed by atoms with Crippen LogP contribution in [0.1, 0.15) is 31.2 Å². The number of rotatable bonds is 3. The lowest BCUT2D eigenvalue weighted by Gasteiger charge is -2.32. The molecule has 1 aliphatic heterocycles. The molecule has 6 nitrogen and oxygen atoms in total. The van der Waals surface area contributed by atoms with E-state index in [0.29, 0.717) is 11.9 Å². The van der Waals surface area contributed by atoms with Gasteiger partial charge in [-0.05, 0) is 36.6 Å². The molecule has 1 amide bonds. The van der Waals surface area contributed by atoms with E-state index in [9.17, 15) is 4.79 Å². The van der Waals surface area contributed by atoms with Gasteiger partial charge in [-0.2, -0.15) is 0 Å². The van der Waals surface area contributed by atoms with Crippen molar-refractivity contribution in [1.29, 1.82) is 0 Å². The molecule has 6 heteroatoms. The molecule has 1 fully saturated rings. The van der Waals surface area contributed by atoms with Gasteiger partial charge in [0.15, 0.2) is 0 Å². The van der Waals surface area contributed by atoms with Crippen LogP contribution in [-0.4, -0.2) is 38.8 Å². The first-order valence-corrected chi connectivity index (χ1v) is 7.48. The molecular weight excluding hydrogens is 278 g/mol. The smallest absolute Gasteiger partial charge is 0.228 e. The summed E-state index contributed by atoms with van der Waals surface area (Å²) in [5.74, 6) is 1.76. The van der Waals surface area contributed by atoms with Crippen molar-refractivity contribution in [2.24, 2.45) is 0 Å². The first-order valence-electron chi connectivity index (χ1n) is 7.48. The molecule has 1 aliphatic rings. The van der Waals surface area contributed by atoms with Crippen LogP contribution in [0.3, 0.4) is 0 Å². The van der Waals surface area contributed by atoms with E-state index in [4.69, 9.17) is 0 Å². The Hall–Kier alpha value is -2.50. The first kappa shape index (κ1) is 14.4. The van der Waals surface area contributed by atoms with Crippen LogP contribution in [0.25, 0.3) is 0 Å². The molecule has 0 unspecified atom stereocenters. The number of carbonyl (C=O) groups excluding carboxylic acids is 1. The maximum Gasteiger partial charge on any atom is 0.228 e. The fourth-order valence-electron chi connectivity index (χ4n) is 2.78. The maximum absolute atomic E-state index is 11.6. The highest BCUT2D eigenvalue weighted by Crippen LogP contribution is 2.28. The Morgan fingerprint density at radius 1 is 1.27 bits per heavy atom. The predicted molar refractivity (Wildman–Crippen MR) is 83.8 cm³/mol. The standard InChI is InChI=1S/C16H19N5O/c1-12(22)21-9-2-4-14(11-21)13-5-8-17-15(10-13)20-16-18-6-3-7-19-16/h3,5-8,10,14H,2,4,9,11H2,1H3,(H,17,18,19,20)/t14-/m0/s1. The summed E-state index contributed by atoms with van der Waals surface area (Å²) in [5.41, 5.74) is 1.19.